The van der Waals surface area contributed by atoms with Gasteiger partial charge in [0.1, 0.15) is 47.5 Å². The highest BCUT2D eigenvalue weighted by Crippen LogP contribution is 2.41. The standard InChI is InChI=1S/C22H16ClFN8O/c23-13-5-4-12(16(24)7-13)9-33-14-3-1-2-11(6-14)19-17-18(27)15(8-25)20(28)31-21(17)32-22(30-19)29-10-26/h1-7,19H,9H2,(H6,27,28,29,30,31,32). The van der Waals surface area contributed by atoms with E-state index in [-0.39, 0.29) is 35.5 Å². The normalized spacial score (nSPS) is 14.2. The number of guanidine groups is 1. The molecule has 0 saturated carbocycles. The number of nitrogen functional groups attached to an aromatic ring is 2. The number of fused-ring (bicyclic) bond motifs is 1. The molecule has 1 aromatic heterocycles. The van der Waals surface area contributed by atoms with E-state index < -0.39 is 11.9 Å². The Kier molecular flexibility index (Phi) is 5.85. The molecule has 0 saturated heterocycles. The van der Waals surface area contributed by atoms with E-state index in [1.54, 1.807) is 42.6 Å². The number of nitrogens with one attached hydrogen (secondary N) is 2. The quantitative estimate of drug-likeness (QED) is 0.339. The van der Waals surface area contributed by atoms with Crippen LogP contribution in [0.1, 0.15) is 28.3 Å². The van der Waals surface area contributed by atoms with Crippen molar-refractivity contribution in [3.63, 3.8) is 0 Å². The van der Waals surface area contributed by atoms with Crippen LogP contribution in [0.15, 0.2) is 47.5 Å². The Morgan fingerprint density at radius 3 is 2.76 bits per heavy atom. The molecular formula is C22H16ClFN8O. The molecule has 0 aliphatic carbocycles. The van der Waals surface area contributed by atoms with Crippen molar-refractivity contribution in [3.05, 3.63) is 75.6 Å². The van der Waals surface area contributed by atoms with Gasteiger partial charge in [0.15, 0.2) is 6.19 Å². The number of nitrogens with two attached hydrogens (primary N) is 2. The number of aliphatic imine (C=N–C) groups is 1. The zero-order valence-corrected chi connectivity index (χ0v) is 17.7. The third-order valence-corrected chi connectivity index (χ3v) is 5.18. The molecule has 1 aliphatic heterocycles. The number of halogens is 2. The lowest BCUT2D eigenvalue weighted by Gasteiger charge is -2.26. The first-order chi connectivity index (χ1) is 15.9. The number of hydrogen-bond acceptors (Lipinski definition) is 9. The average Bonchev–Trinajstić information content (AvgIpc) is 2.78. The van der Waals surface area contributed by atoms with E-state index in [1.807, 2.05) is 6.07 Å². The Bertz CT molecular complexity index is 1360. The first-order valence-electron chi connectivity index (χ1n) is 9.56. The van der Waals surface area contributed by atoms with Crippen LogP contribution in [0.5, 0.6) is 5.75 Å². The zero-order chi connectivity index (χ0) is 23.5. The first kappa shape index (κ1) is 21.7. The van der Waals surface area contributed by atoms with Crippen molar-refractivity contribution in [2.75, 3.05) is 16.8 Å². The molecule has 0 amide bonds. The van der Waals surface area contributed by atoms with Gasteiger partial charge in [-0.3, -0.25) is 5.32 Å². The van der Waals surface area contributed by atoms with Gasteiger partial charge < -0.3 is 21.5 Å². The van der Waals surface area contributed by atoms with Gasteiger partial charge >= 0.3 is 0 Å². The molecule has 3 aromatic rings. The number of aromatic nitrogens is 1. The monoisotopic (exact) mass is 462 g/mol. The molecular weight excluding hydrogens is 447 g/mol. The van der Waals surface area contributed by atoms with E-state index in [4.69, 9.17) is 33.1 Å². The summed E-state index contributed by atoms with van der Waals surface area (Å²) in [5.74, 6) is 0.356. The van der Waals surface area contributed by atoms with E-state index >= 15 is 0 Å². The van der Waals surface area contributed by atoms with Gasteiger partial charge in [-0.15, -0.1) is 0 Å². The Morgan fingerprint density at radius 2 is 2.03 bits per heavy atom. The predicted octanol–water partition coefficient (Wildman–Crippen LogP) is 3.43. The van der Waals surface area contributed by atoms with E-state index in [0.717, 1.165) is 0 Å². The summed E-state index contributed by atoms with van der Waals surface area (Å²) in [5.41, 5.74) is 13.7. The van der Waals surface area contributed by atoms with Crippen LogP contribution in [0.25, 0.3) is 0 Å². The lowest BCUT2D eigenvalue weighted by Crippen LogP contribution is -2.32. The molecule has 9 nitrogen and oxygen atoms in total. The van der Waals surface area contributed by atoms with Crippen LogP contribution in [0, 0.1) is 28.6 Å². The molecule has 164 valence electrons. The van der Waals surface area contributed by atoms with Gasteiger partial charge in [0.05, 0.1) is 5.69 Å². The first-order valence-corrected chi connectivity index (χ1v) is 9.94. The minimum absolute atomic E-state index is 0.0153. The fraction of sp³-hybridized carbons (Fsp3) is 0.0909. The van der Waals surface area contributed by atoms with E-state index in [1.165, 1.54) is 6.07 Å². The Labute approximate surface area is 193 Å². The molecule has 1 atom stereocenters. The van der Waals surface area contributed by atoms with Crippen molar-refractivity contribution in [1.29, 1.82) is 10.5 Å². The lowest BCUT2D eigenvalue weighted by atomic mass is 9.95. The van der Waals surface area contributed by atoms with Crippen LogP contribution in [0.3, 0.4) is 0 Å². The maximum absolute atomic E-state index is 14.1. The molecule has 1 unspecified atom stereocenters. The topological polar surface area (TPSA) is 158 Å². The predicted molar refractivity (Wildman–Crippen MR) is 122 cm³/mol. The van der Waals surface area contributed by atoms with Crippen molar-refractivity contribution in [2.24, 2.45) is 4.99 Å². The molecule has 0 radical (unpaired) electrons. The molecule has 2 heterocycles. The summed E-state index contributed by atoms with van der Waals surface area (Å²) in [6.07, 6.45) is 1.80. The summed E-state index contributed by atoms with van der Waals surface area (Å²) in [4.78, 5) is 8.72. The summed E-state index contributed by atoms with van der Waals surface area (Å²) in [7, 11) is 0. The maximum atomic E-state index is 14.1. The molecule has 6 N–H and O–H groups in total. The highest BCUT2D eigenvalue weighted by atomic mass is 35.5. The number of hydrogen-bond donors (Lipinski definition) is 4. The molecule has 0 spiro atoms. The number of rotatable bonds is 4. The molecule has 2 aromatic carbocycles. The molecule has 11 heteroatoms. The average molecular weight is 463 g/mol. The van der Waals surface area contributed by atoms with Crippen molar-refractivity contribution in [1.82, 2.24) is 10.3 Å². The lowest BCUT2D eigenvalue weighted by molar-refractivity contribution is 0.299. The van der Waals surface area contributed by atoms with Gasteiger partial charge in [0.2, 0.25) is 5.96 Å². The van der Waals surface area contributed by atoms with Gasteiger partial charge in [-0.1, -0.05) is 29.8 Å². The van der Waals surface area contributed by atoms with Crippen molar-refractivity contribution < 1.29 is 9.13 Å². The highest BCUT2D eigenvalue weighted by Gasteiger charge is 2.29. The summed E-state index contributed by atoms with van der Waals surface area (Å²) in [5, 5.41) is 24.0. The van der Waals surface area contributed by atoms with E-state index in [9.17, 15) is 9.65 Å². The Morgan fingerprint density at radius 1 is 1.21 bits per heavy atom. The summed E-state index contributed by atoms with van der Waals surface area (Å²) in [6, 6.07) is 12.5. The minimum atomic E-state index is -0.715. The van der Waals surface area contributed by atoms with Gasteiger partial charge in [0.25, 0.3) is 0 Å². The van der Waals surface area contributed by atoms with Crippen molar-refractivity contribution in [3.8, 4) is 18.0 Å². The van der Waals surface area contributed by atoms with Gasteiger partial charge in [-0.2, -0.15) is 10.5 Å². The van der Waals surface area contributed by atoms with Crippen LogP contribution in [-0.4, -0.2) is 10.9 Å². The molecule has 4 rings (SSSR count). The second-order valence-electron chi connectivity index (χ2n) is 7.00. The highest BCUT2D eigenvalue weighted by molar-refractivity contribution is 6.30. The molecule has 0 bridgehead atoms. The number of nitrogens with zero attached hydrogens (tertiary/aromatic N) is 4. The third-order valence-electron chi connectivity index (χ3n) is 4.94. The number of ether oxygens (including phenoxy) is 1. The van der Waals surface area contributed by atoms with Gasteiger partial charge in [-0.25, -0.2) is 14.4 Å². The van der Waals surface area contributed by atoms with E-state index in [2.05, 4.69) is 20.6 Å². The Balaban J connectivity index is 1.71. The number of pyridine rings is 1. The van der Waals surface area contributed by atoms with E-state index in [0.29, 0.717) is 27.5 Å². The number of benzene rings is 2. The molecule has 0 fully saturated rings. The second-order valence-corrected chi connectivity index (χ2v) is 7.44. The van der Waals surface area contributed by atoms with Gasteiger partial charge in [-0.05, 0) is 29.8 Å². The smallest absolute Gasteiger partial charge is 0.211 e. The molecule has 1 aliphatic rings. The largest absolute Gasteiger partial charge is 0.489 e. The van der Waals surface area contributed by atoms with Crippen molar-refractivity contribution >= 4 is 34.9 Å². The zero-order valence-electron chi connectivity index (χ0n) is 16.9. The minimum Gasteiger partial charge on any atom is -0.489 e. The third kappa shape index (κ3) is 4.28. The van der Waals surface area contributed by atoms with Crippen LogP contribution in [-0.2, 0) is 6.61 Å². The SMILES string of the molecule is N#CNC1=NC(c2cccc(OCc3ccc(Cl)cc3F)c2)c2c(nc(N)c(C#N)c2N)N1. The van der Waals surface area contributed by atoms with Crippen LogP contribution >= 0.6 is 11.6 Å². The summed E-state index contributed by atoms with van der Waals surface area (Å²) < 4.78 is 19.8. The molecule has 33 heavy (non-hydrogen) atoms. The fourth-order valence-electron chi connectivity index (χ4n) is 3.40. The summed E-state index contributed by atoms with van der Waals surface area (Å²) >= 11 is 5.79. The second kappa shape index (κ2) is 8.91. The maximum Gasteiger partial charge on any atom is 0.211 e. The Hall–Kier alpha value is -4.54. The summed E-state index contributed by atoms with van der Waals surface area (Å²) in [6.45, 7) is -0.0153. The number of anilines is 3. The van der Waals surface area contributed by atoms with Gasteiger partial charge in [0, 0.05) is 16.1 Å². The van der Waals surface area contributed by atoms with Crippen molar-refractivity contribution in [2.45, 2.75) is 12.6 Å². The van der Waals surface area contributed by atoms with Crippen LogP contribution in [0.4, 0.5) is 21.7 Å². The number of nitriles is 2. The fourth-order valence-corrected chi connectivity index (χ4v) is 3.56. The van der Waals surface area contributed by atoms with Crippen LogP contribution < -0.4 is 26.8 Å². The van der Waals surface area contributed by atoms with Crippen LogP contribution in [0.2, 0.25) is 5.02 Å².